The summed E-state index contributed by atoms with van der Waals surface area (Å²) < 4.78 is 0. The molecule has 0 saturated heterocycles. The van der Waals surface area contributed by atoms with E-state index in [9.17, 15) is 9.90 Å². The first-order valence-electron chi connectivity index (χ1n) is 4.19. The predicted molar refractivity (Wildman–Crippen MR) is 51.2 cm³/mol. The topological polar surface area (TPSA) is 87.7 Å². The molecular weight excluding hydrogens is 170 g/mol. The number of amides is 1. The van der Waals surface area contributed by atoms with Gasteiger partial charge in [-0.3, -0.25) is 10.1 Å². The lowest BCUT2D eigenvalue weighted by Gasteiger charge is -2.24. The minimum Gasteiger partial charge on any atom is -0.390 e. The van der Waals surface area contributed by atoms with Crippen molar-refractivity contribution in [2.75, 3.05) is 0 Å². The fourth-order valence-electron chi connectivity index (χ4n) is 0.928. The lowest BCUT2D eigenvalue weighted by molar-refractivity contribution is -0.121. The van der Waals surface area contributed by atoms with E-state index in [4.69, 9.17) is 5.73 Å². The van der Waals surface area contributed by atoms with Gasteiger partial charge in [-0.1, -0.05) is 6.92 Å². The largest absolute Gasteiger partial charge is 0.390 e. The molecule has 0 aromatic rings. The van der Waals surface area contributed by atoms with Crippen LogP contribution in [-0.4, -0.2) is 29.1 Å². The average molecular weight is 187 g/mol. The molecule has 0 aromatic heterocycles. The highest BCUT2D eigenvalue weighted by Gasteiger charge is 2.22. The first-order chi connectivity index (χ1) is 5.90. The quantitative estimate of drug-likeness (QED) is 0.317. The molecule has 0 aliphatic carbocycles. The number of rotatable bonds is 4. The van der Waals surface area contributed by atoms with Gasteiger partial charge in [0.25, 0.3) is 5.91 Å². The van der Waals surface area contributed by atoms with Crippen molar-refractivity contribution in [2.45, 2.75) is 39.0 Å². The second-order valence-corrected chi connectivity index (χ2v) is 3.28. The van der Waals surface area contributed by atoms with Crippen molar-refractivity contribution in [1.29, 1.82) is 0 Å². The summed E-state index contributed by atoms with van der Waals surface area (Å²) in [7, 11) is 0. The number of carbonyl (C=O) groups is 1. The fourth-order valence-corrected chi connectivity index (χ4v) is 0.928. The van der Waals surface area contributed by atoms with Gasteiger partial charge in [0.2, 0.25) is 0 Å². The molecule has 0 heterocycles. The van der Waals surface area contributed by atoms with Crippen LogP contribution in [0.25, 0.3) is 0 Å². The number of hydrogen-bond donors (Lipinski definition) is 3. The van der Waals surface area contributed by atoms with Crippen LogP contribution in [0.3, 0.4) is 0 Å². The third kappa shape index (κ3) is 5.32. The highest BCUT2D eigenvalue weighted by molar-refractivity contribution is 5.88. The van der Waals surface area contributed by atoms with Crippen LogP contribution in [0.15, 0.2) is 4.99 Å². The van der Waals surface area contributed by atoms with Crippen LogP contribution >= 0.6 is 0 Å². The third-order valence-electron chi connectivity index (χ3n) is 1.44. The molecule has 13 heavy (non-hydrogen) atoms. The Balaban J connectivity index is 4.27. The standard InChI is InChI=1S/C8H17N3O2/c1-4-6(7(12)10-5-9)11-8(2,3)13/h5-6,11,13H,4H2,1-3H3,(H2,9,10,12). The molecule has 5 nitrogen and oxygen atoms in total. The van der Waals surface area contributed by atoms with Gasteiger partial charge in [0.15, 0.2) is 0 Å². The molecule has 4 N–H and O–H groups in total. The van der Waals surface area contributed by atoms with Gasteiger partial charge in [0.1, 0.15) is 5.72 Å². The van der Waals surface area contributed by atoms with Crippen LogP contribution in [-0.2, 0) is 4.79 Å². The van der Waals surface area contributed by atoms with E-state index in [1.165, 1.54) is 0 Å². The summed E-state index contributed by atoms with van der Waals surface area (Å²) in [5.41, 5.74) is 3.90. The van der Waals surface area contributed by atoms with E-state index in [1.54, 1.807) is 13.8 Å². The van der Waals surface area contributed by atoms with E-state index in [-0.39, 0.29) is 5.91 Å². The molecule has 0 bridgehead atoms. The van der Waals surface area contributed by atoms with Crippen molar-refractivity contribution in [1.82, 2.24) is 5.32 Å². The smallest absolute Gasteiger partial charge is 0.264 e. The Hall–Kier alpha value is -0.940. The van der Waals surface area contributed by atoms with Crippen molar-refractivity contribution in [3.63, 3.8) is 0 Å². The zero-order chi connectivity index (χ0) is 10.5. The maximum atomic E-state index is 11.2. The predicted octanol–water partition coefficient (Wildman–Crippen LogP) is -0.403. The van der Waals surface area contributed by atoms with Gasteiger partial charge in [-0.15, -0.1) is 0 Å². The van der Waals surface area contributed by atoms with E-state index in [0.717, 1.165) is 6.34 Å². The van der Waals surface area contributed by atoms with E-state index in [2.05, 4.69) is 10.3 Å². The van der Waals surface area contributed by atoms with Gasteiger partial charge in [0.05, 0.1) is 12.4 Å². The lowest BCUT2D eigenvalue weighted by Crippen LogP contribution is -2.48. The number of carbonyl (C=O) groups excluding carboxylic acids is 1. The van der Waals surface area contributed by atoms with Crippen LogP contribution < -0.4 is 11.1 Å². The summed E-state index contributed by atoms with van der Waals surface area (Å²) in [6, 6.07) is -0.486. The van der Waals surface area contributed by atoms with E-state index in [1.807, 2.05) is 6.92 Å². The molecule has 76 valence electrons. The summed E-state index contributed by atoms with van der Waals surface area (Å²) in [5.74, 6) is -0.368. The Kier molecular flexibility index (Phi) is 4.58. The van der Waals surface area contributed by atoms with E-state index >= 15 is 0 Å². The van der Waals surface area contributed by atoms with Gasteiger partial charge < -0.3 is 10.8 Å². The maximum Gasteiger partial charge on any atom is 0.264 e. The average Bonchev–Trinajstić information content (AvgIpc) is 1.99. The summed E-state index contributed by atoms with van der Waals surface area (Å²) in [6.45, 7) is 4.96. The molecule has 5 heteroatoms. The minimum atomic E-state index is -1.08. The number of aliphatic hydroxyl groups is 1. The van der Waals surface area contributed by atoms with Crippen molar-refractivity contribution >= 4 is 12.2 Å². The SMILES string of the molecule is CCC(NC(C)(C)O)C(=O)N=CN. The first-order valence-corrected chi connectivity index (χ1v) is 4.19. The zero-order valence-electron chi connectivity index (χ0n) is 8.24. The van der Waals surface area contributed by atoms with Gasteiger partial charge in [0, 0.05) is 0 Å². The summed E-state index contributed by atoms with van der Waals surface area (Å²) >= 11 is 0. The van der Waals surface area contributed by atoms with Crippen molar-refractivity contribution in [2.24, 2.45) is 10.7 Å². The second kappa shape index (κ2) is 4.94. The monoisotopic (exact) mass is 187 g/mol. The molecule has 0 aliphatic heterocycles. The third-order valence-corrected chi connectivity index (χ3v) is 1.44. The summed E-state index contributed by atoms with van der Waals surface area (Å²) in [6.07, 6.45) is 1.51. The lowest BCUT2D eigenvalue weighted by atomic mass is 10.1. The molecular formula is C8H17N3O2. The molecule has 0 saturated carbocycles. The molecule has 0 fully saturated rings. The molecule has 1 unspecified atom stereocenters. The van der Waals surface area contributed by atoms with Gasteiger partial charge in [-0.25, -0.2) is 4.99 Å². The Morgan fingerprint density at radius 2 is 2.31 bits per heavy atom. The molecule has 0 radical (unpaired) electrons. The molecule has 0 rings (SSSR count). The molecule has 0 aromatic carbocycles. The van der Waals surface area contributed by atoms with Crippen molar-refractivity contribution < 1.29 is 9.90 Å². The van der Waals surface area contributed by atoms with Gasteiger partial charge in [-0.2, -0.15) is 0 Å². The second-order valence-electron chi connectivity index (χ2n) is 3.28. The first kappa shape index (κ1) is 12.1. The normalized spacial score (nSPS) is 14.8. The van der Waals surface area contributed by atoms with E-state index in [0.29, 0.717) is 6.42 Å². The molecule has 1 atom stereocenters. The number of nitrogens with zero attached hydrogens (tertiary/aromatic N) is 1. The van der Waals surface area contributed by atoms with Crippen LogP contribution in [0.1, 0.15) is 27.2 Å². The minimum absolute atomic E-state index is 0.368. The Morgan fingerprint density at radius 1 is 1.77 bits per heavy atom. The van der Waals surface area contributed by atoms with Gasteiger partial charge >= 0.3 is 0 Å². The zero-order valence-corrected chi connectivity index (χ0v) is 8.24. The van der Waals surface area contributed by atoms with Crippen LogP contribution in [0.4, 0.5) is 0 Å². The molecule has 0 aliphatic rings. The van der Waals surface area contributed by atoms with Crippen LogP contribution in [0.5, 0.6) is 0 Å². The Morgan fingerprint density at radius 3 is 2.62 bits per heavy atom. The number of nitrogens with one attached hydrogen (secondary N) is 1. The fraction of sp³-hybridized carbons (Fsp3) is 0.750. The van der Waals surface area contributed by atoms with E-state index < -0.39 is 11.8 Å². The van der Waals surface area contributed by atoms with Gasteiger partial charge in [-0.05, 0) is 20.3 Å². The summed E-state index contributed by atoms with van der Waals surface area (Å²) in [5, 5.41) is 12.1. The van der Waals surface area contributed by atoms with Crippen molar-refractivity contribution in [3.8, 4) is 0 Å². The summed E-state index contributed by atoms with van der Waals surface area (Å²) in [4.78, 5) is 14.6. The highest BCUT2D eigenvalue weighted by atomic mass is 16.3. The number of hydrogen-bond acceptors (Lipinski definition) is 3. The van der Waals surface area contributed by atoms with Crippen LogP contribution in [0.2, 0.25) is 0 Å². The Labute approximate surface area is 78.0 Å². The highest BCUT2D eigenvalue weighted by Crippen LogP contribution is 2.02. The van der Waals surface area contributed by atoms with Crippen molar-refractivity contribution in [3.05, 3.63) is 0 Å². The number of aliphatic imine (C=N–C) groups is 1. The molecule has 0 spiro atoms. The maximum absolute atomic E-state index is 11.2. The Bertz CT molecular complexity index is 196. The molecule has 1 amide bonds. The number of nitrogens with two attached hydrogens (primary N) is 1. The van der Waals surface area contributed by atoms with Crippen LogP contribution in [0, 0.1) is 0 Å².